The highest BCUT2D eigenvalue weighted by Crippen LogP contribution is 2.23. The molecule has 0 aliphatic rings. The van der Waals surface area contributed by atoms with Crippen molar-refractivity contribution in [3.8, 4) is 0 Å². The second-order valence-corrected chi connectivity index (χ2v) is 3.62. The lowest BCUT2D eigenvalue weighted by Crippen LogP contribution is -1.96. The molecule has 1 N–H and O–H groups in total. The molecule has 0 radical (unpaired) electrons. The third-order valence-electron chi connectivity index (χ3n) is 1.70. The zero-order valence-electron chi connectivity index (χ0n) is 7.78. The van der Waals surface area contributed by atoms with Crippen molar-refractivity contribution in [3.05, 3.63) is 28.6 Å². The Morgan fingerprint density at radius 2 is 2.13 bits per heavy atom. The summed E-state index contributed by atoms with van der Waals surface area (Å²) in [6.07, 6.45) is 1.81. The van der Waals surface area contributed by atoms with Crippen LogP contribution in [0.4, 0.5) is 11.5 Å². The van der Waals surface area contributed by atoms with Gasteiger partial charge in [-0.05, 0) is 0 Å². The molecular weight excluding hydrogens is 237 g/mol. The topological polar surface area (TPSA) is 55.6 Å². The molecule has 0 spiro atoms. The Hall–Kier alpha value is -1.33. The van der Waals surface area contributed by atoms with E-state index in [1.165, 1.54) is 0 Å². The van der Waals surface area contributed by atoms with Gasteiger partial charge < -0.3 is 5.32 Å². The first-order valence-electron chi connectivity index (χ1n) is 4.10. The van der Waals surface area contributed by atoms with E-state index < -0.39 is 0 Å². The van der Waals surface area contributed by atoms with Gasteiger partial charge in [0.25, 0.3) is 0 Å². The first-order valence-corrected chi connectivity index (χ1v) is 4.86. The molecule has 0 bridgehead atoms. The fourth-order valence-corrected chi connectivity index (χ4v) is 1.35. The Kier molecular flexibility index (Phi) is 2.75. The Balaban J connectivity index is 2.27. The van der Waals surface area contributed by atoms with Gasteiger partial charge in [-0.25, -0.2) is 0 Å². The van der Waals surface area contributed by atoms with E-state index in [0.29, 0.717) is 11.5 Å². The summed E-state index contributed by atoms with van der Waals surface area (Å²) in [6, 6.07) is 3.40. The molecule has 0 fully saturated rings. The molecule has 78 valence electrons. The van der Waals surface area contributed by atoms with E-state index in [1.807, 2.05) is 19.3 Å². The maximum atomic E-state index is 5.82. The summed E-state index contributed by atoms with van der Waals surface area (Å²) in [5.41, 5.74) is 0.579. The van der Waals surface area contributed by atoms with E-state index in [0.717, 1.165) is 0 Å². The fraction of sp³-hybridized carbons (Fsp3) is 0.125. The molecule has 5 nitrogen and oxygen atoms in total. The molecule has 2 aromatic rings. The van der Waals surface area contributed by atoms with Gasteiger partial charge >= 0.3 is 0 Å². The summed E-state index contributed by atoms with van der Waals surface area (Å²) >= 11 is 11.5. The molecule has 0 amide bonds. The van der Waals surface area contributed by atoms with Crippen molar-refractivity contribution in [2.45, 2.75) is 0 Å². The third-order valence-corrected chi connectivity index (χ3v) is 2.16. The number of hydrogen-bond acceptors (Lipinski definition) is 4. The maximum absolute atomic E-state index is 5.82. The van der Waals surface area contributed by atoms with Crippen LogP contribution in [0.5, 0.6) is 0 Å². The molecule has 0 aromatic carbocycles. The molecular formula is C8H7Cl2N5. The van der Waals surface area contributed by atoms with Crippen LogP contribution in [0, 0.1) is 0 Å². The molecule has 0 aliphatic carbocycles. The molecule has 7 heteroatoms. The van der Waals surface area contributed by atoms with Gasteiger partial charge in [0, 0.05) is 25.4 Å². The number of halogens is 2. The SMILES string of the molecule is Cn1ccc(Nc2cc(Cl)nnc2Cl)n1. The van der Waals surface area contributed by atoms with E-state index in [4.69, 9.17) is 23.2 Å². The molecule has 15 heavy (non-hydrogen) atoms. The number of hydrogen-bond donors (Lipinski definition) is 1. The smallest absolute Gasteiger partial charge is 0.175 e. The highest BCUT2D eigenvalue weighted by Gasteiger charge is 2.05. The maximum Gasteiger partial charge on any atom is 0.175 e. The number of nitrogens with one attached hydrogen (secondary N) is 1. The van der Waals surface area contributed by atoms with Crippen molar-refractivity contribution in [2.75, 3.05) is 5.32 Å². The summed E-state index contributed by atoms with van der Waals surface area (Å²) in [5.74, 6) is 0.670. The van der Waals surface area contributed by atoms with Crippen LogP contribution >= 0.6 is 23.2 Å². The van der Waals surface area contributed by atoms with E-state index in [2.05, 4.69) is 20.6 Å². The Morgan fingerprint density at radius 3 is 2.80 bits per heavy atom. The van der Waals surface area contributed by atoms with Gasteiger partial charge in [-0.15, -0.1) is 10.2 Å². The van der Waals surface area contributed by atoms with Crippen LogP contribution in [-0.4, -0.2) is 20.0 Å². The van der Waals surface area contributed by atoms with E-state index in [-0.39, 0.29) is 10.3 Å². The number of rotatable bonds is 2. The van der Waals surface area contributed by atoms with Crippen LogP contribution in [0.1, 0.15) is 0 Å². The van der Waals surface area contributed by atoms with Gasteiger partial charge in [0.2, 0.25) is 0 Å². The molecule has 2 aromatic heterocycles. The van der Waals surface area contributed by atoms with Crippen molar-refractivity contribution in [1.82, 2.24) is 20.0 Å². The monoisotopic (exact) mass is 243 g/mol. The fourth-order valence-electron chi connectivity index (χ4n) is 1.06. The number of aromatic nitrogens is 4. The second kappa shape index (κ2) is 4.04. The second-order valence-electron chi connectivity index (χ2n) is 2.87. The van der Waals surface area contributed by atoms with E-state index in [1.54, 1.807) is 10.7 Å². The van der Waals surface area contributed by atoms with Crippen molar-refractivity contribution in [3.63, 3.8) is 0 Å². The van der Waals surface area contributed by atoms with Crippen molar-refractivity contribution in [1.29, 1.82) is 0 Å². The third kappa shape index (κ3) is 2.37. The normalized spacial score (nSPS) is 10.3. The largest absolute Gasteiger partial charge is 0.336 e. The van der Waals surface area contributed by atoms with Gasteiger partial charge in [0.05, 0.1) is 5.69 Å². The minimum Gasteiger partial charge on any atom is -0.336 e. The minimum absolute atomic E-state index is 0.255. The van der Waals surface area contributed by atoms with Crippen molar-refractivity contribution in [2.24, 2.45) is 7.05 Å². The van der Waals surface area contributed by atoms with Crippen LogP contribution in [0.15, 0.2) is 18.3 Å². The molecule has 0 aliphatic heterocycles. The lowest BCUT2D eigenvalue weighted by molar-refractivity contribution is 0.771. The van der Waals surface area contributed by atoms with Crippen LogP contribution in [-0.2, 0) is 7.05 Å². The standard InChI is InChI=1S/C8H7Cl2N5/c1-15-3-2-7(14-15)11-5-4-6(9)12-13-8(5)10/h2-4H,1H3,(H,11,12,14). The summed E-state index contributed by atoms with van der Waals surface area (Å²) in [4.78, 5) is 0. The first-order chi connectivity index (χ1) is 7.15. The summed E-state index contributed by atoms with van der Waals surface area (Å²) in [6.45, 7) is 0. The van der Waals surface area contributed by atoms with E-state index in [9.17, 15) is 0 Å². The Labute approximate surface area is 96.0 Å². The summed E-state index contributed by atoms with van der Waals surface area (Å²) < 4.78 is 1.67. The van der Waals surface area contributed by atoms with Crippen LogP contribution in [0.25, 0.3) is 0 Å². The zero-order valence-corrected chi connectivity index (χ0v) is 9.29. The average molecular weight is 244 g/mol. The molecule has 0 saturated carbocycles. The van der Waals surface area contributed by atoms with Gasteiger partial charge in [-0.3, -0.25) is 4.68 Å². The molecule has 2 heterocycles. The van der Waals surface area contributed by atoms with Gasteiger partial charge in [-0.2, -0.15) is 5.10 Å². The average Bonchev–Trinajstić information content (AvgIpc) is 2.58. The lowest BCUT2D eigenvalue weighted by atomic mass is 10.4. The molecule has 0 unspecified atom stereocenters. The Bertz CT molecular complexity index is 482. The van der Waals surface area contributed by atoms with Crippen molar-refractivity contribution < 1.29 is 0 Å². The predicted molar refractivity (Wildman–Crippen MR) is 58.5 cm³/mol. The molecule has 2 rings (SSSR count). The highest BCUT2D eigenvalue weighted by molar-refractivity contribution is 6.33. The van der Waals surface area contributed by atoms with Gasteiger partial charge in [0.1, 0.15) is 0 Å². The Morgan fingerprint density at radius 1 is 1.33 bits per heavy atom. The number of anilines is 2. The minimum atomic E-state index is 0.255. The summed E-state index contributed by atoms with van der Waals surface area (Å²) in [7, 11) is 1.82. The van der Waals surface area contributed by atoms with Crippen LogP contribution in [0.2, 0.25) is 10.3 Å². The quantitative estimate of drug-likeness (QED) is 0.880. The number of aryl methyl sites for hydroxylation is 1. The molecule has 0 atom stereocenters. The van der Waals surface area contributed by atoms with Crippen molar-refractivity contribution >= 4 is 34.7 Å². The van der Waals surface area contributed by atoms with Crippen LogP contribution in [0.3, 0.4) is 0 Å². The lowest BCUT2D eigenvalue weighted by Gasteiger charge is -2.03. The highest BCUT2D eigenvalue weighted by atomic mass is 35.5. The van der Waals surface area contributed by atoms with Gasteiger partial charge in [0.15, 0.2) is 16.1 Å². The first kappa shape index (κ1) is 10.2. The van der Waals surface area contributed by atoms with Gasteiger partial charge in [-0.1, -0.05) is 23.2 Å². The predicted octanol–water partition coefficient (Wildman–Crippen LogP) is 2.26. The van der Waals surface area contributed by atoms with Crippen LogP contribution < -0.4 is 5.32 Å². The molecule has 0 saturated heterocycles. The summed E-state index contributed by atoms with van der Waals surface area (Å²) in [5, 5.41) is 14.9. The number of nitrogens with zero attached hydrogens (tertiary/aromatic N) is 4. The van der Waals surface area contributed by atoms with E-state index >= 15 is 0 Å². The zero-order chi connectivity index (χ0) is 10.8.